The summed E-state index contributed by atoms with van der Waals surface area (Å²) >= 11 is 0. The second kappa shape index (κ2) is 4.63. The summed E-state index contributed by atoms with van der Waals surface area (Å²) in [5, 5.41) is 1.19. The Kier molecular flexibility index (Phi) is 2.64. The van der Waals surface area contributed by atoms with Gasteiger partial charge in [0.05, 0.1) is 5.69 Å². The van der Waals surface area contributed by atoms with E-state index in [4.69, 9.17) is 4.98 Å². The number of nitrogens with zero attached hydrogens (tertiary/aromatic N) is 1. The van der Waals surface area contributed by atoms with E-state index in [-0.39, 0.29) is 0 Å². The molecule has 4 rings (SSSR count). The highest BCUT2D eigenvalue weighted by Crippen LogP contribution is 2.30. The number of aromatic nitrogens is 3. The molecule has 0 fully saturated rings. The van der Waals surface area contributed by atoms with E-state index in [1.165, 1.54) is 5.39 Å². The zero-order valence-electron chi connectivity index (χ0n) is 11.7. The van der Waals surface area contributed by atoms with Gasteiger partial charge in [0.1, 0.15) is 5.82 Å². The van der Waals surface area contributed by atoms with E-state index < -0.39 is 0 Å². The molecule has 2 aromatic carbocycles. The van der Waals surface area contributed by atoms with Crippen molar-refractivity contribution in [1.82, 2.24) is 15.0 Å². The number of hydrogen-bond donors (Lipinski definition) is 2. The largest absolute Gasteiger partial charge is 0.360 e. The highest BCUT2D eigenvalue weighted by Gasteiger charge is 2.13. The van der Waals surface area contributed by atoms with Crippen molar-refractivity contribution in [3.8, 4) is 22.6 Å². The van der Waals surface area contributed by atoms with Crippen molar-refractivity contribution in [2.45, 2.75) is 6.92 Å². The number of nitrogens with one attached hydrogen (secondary N) is 2. The number of aryl methyl sites for hydroxylation is 1. The van der Waals surface area contributed by atoms with Crippen molar-refractivity contribution in [3.63, 3.8) is 0 Å². The first-order valence-corrected chi connectivity index (χ1v) is 7.01. The first-order chi connectivity index (χ1) is 10.3. The lowest BCUT2D eigenvalue weighted by atomic mass is 10.1. The lowest BCUT2D eigenvalue weighted by Gasteiger charge is -1.96. The summed E-state index contributed by atoms with van der Waals surface area (Å²) in [6.07, 6.45) is 2.01. The molecule has 0 amide bonds. The number of fused-ring (bicyclic) bond motifs is 1. The zero-order valence-corrected chi connectivity index (χ0v) is 11.7. The average Bonchev–Trinajstić information content (AvgIpc) is 3.11. The van der Waals surface area contributed by atoms with Crippen LogP contribution in [-0.2, 0) is 0 Å². The minimum absolute atomic E-state index is 0.906. The van der Waals surface area contributed by atoms with Crippen LogP contribution in [0.15, 0.2) is 60.8 Å². The van der Waals surface area contributed by atoms with Gasteiger partial charge in [-0.2, -0.15) is 0 Å². The molecule has 2 aromatic heterocycles. The average molecular weight is 273 g/mol. The van der Waals surface area contributed by atoms with E-state index in [2.05, 4.69) is 41.2 Å². The second-order valence-corrected chi connectivity index (χ2v) is 5.17. The fourth-order valence-corrected chi connectivity index (χ4v) is 2.73. The topological polar surface area (TPSA) is 44.5 Å². The van der Waals surface area contributed by atoms with E-state index in [9.17, 15) is 0 Å². The normalized spacial score (nSPS) is 11.1. The molecule has 0 aliphatic rings. The Balaban J connectivity index is 1.87. The van der Waals surface area contributed by atoms with Gasteiger partial charge in [-0.1, -0.05) is 48.5 Å². The minimum atomic E-state index is 0.906. The molecule has 4 aromatic rings. The molecule has 0 aliphatic heterocycles. The van der Waals surface area contributed by atoms with Gasteiger partial charge in [-0.25, -0.2) is 4.98 Å². The summed E-state index contributed by atoms with van der Waals surface area (Å²) in [5.74, 6) is 0.906. The molecule has 0 spiro atoms. The molecule has 0 atom stereocenters. The monoisotopic (exact) mass is 273 g/mol. The molecule has 0 unspecified atom stereocenters. The van der Waals surface area contributed by atoms with E-state index in [0.717, 1.165) is 33.9 Å². The van der Waals surface area contributed by atoms with Gasteiger partial charge in [-0.3, -0.25) is 0 Å². The number of para-hydroxylation sites is 1. The maximum absolute atomic E-state index is 4.80. The predicted molar refractivity (Wildman–Crippen MR) is 86.1 cm³/mol. The molecule has 0 aliphatic carbocycles. The molecule has 102 valence electrons. The number of imidazole rings is 1. The van der Waals surface area contributed by atoms with Gasteiger partial charge in [0.25, 0.3) is 0 Å². The summed E-state index contributed by atoms with van der Waals surface area (Å²) in [5.41, 5.74) is 5.47. The Bertz CT molecular complexity index is 901. The molecule has 0 saturated carbocycles. The third-order valence-electron chi connectivity index (χ3n) is 3.78. The smallest absolute Gasteiger partial charge is 0.140 e. The maximum atomic E-state index is 4.80. The minimum Gasteiger partial charge on any atom is -0.360 e. The van der Waals surface area contributed by atoms with Gasteiger partial charge >= 0.3 is 0 Å². The van der Waals surface area contributed by atoms with Crippen LogP contribution in [0.3, 0.4) is 0 Å². The summed E-state index contributed by atoms with van der Waals surface area (Å²) in [7, 11) is 0. The third-order valence-corrected chi connectivity index (χ3v) is 3.78. The van der Waals surface area contributed by atoms with Gasteiger partial charge in [0.15, 0.2) is 0 Å². The highest BCUT2D eigenvalue weighted by atomic mass is 14.9. The number of hydrogen-bond acceptors (Lipinski definition) is 1. The molecule has 21 heavy (non-hydrogen) atoms. The SMILES string of the molecule is Cc1[nH]c(-c2c[nH]c3ccccc23)nc1-c1ccccc1. The number of benzene rings is 2. The van der Waals surface area contributed by atoms with E-state index in [1.54, 1.807) is 0 Å². The van der Waals surface area contributed by atoms with Crippen molar-refractivity contribution >= 4 is 10.9 Å². The maximum Gasteiger partial charge on any atom is 0.140 e. The molecule has 2 N–H and O–H groups in total. The Hall–Kier alpha value is -2.81. The van der Waals surface area contributed by atoms with Gasteiger partial charge < -0.3 is 9.97 Å². The van der Waals surface area contributed by atoms with Gasteiger partial charge in [-0.15, -0.1) is 0 Å². The van der Waals surface area contributed by atoms with Crippen LogP contribution < -0.4 is 0 Å². The Labute approximate surface area is 122 Å². The number of H-pyrrole nitrogens is 2. The van der Waals surface area contributed by atoms with Crippen molar-refractivity contribution < 1.29 is 0 Å². The lowest BCUT2D eigenvalue weighted by molar-refractivity contribution is 1.26. The Morgan fingerprint density at radius 3 is 2.52 bits per heavy atom. The molecular formula is C18H15N3. The van der Waals surface area contributed by atoms with Crippen LogP contribution in [0.5, 0.6) is 0 Å². The van der Waals surface area contributed by atoms with Crippen LogP contribution in [0.2, 0.25) is 0 Å². The fourth-order valence-electron chi connectivity index (χ4n) is 2.73. The molecule has 3 heteroatoms. The van der Waals surface area contributed by atoms with Crippen LogP contribution in [0, 0.1) is 6.92 Å². The van der Waals surface area contributed by atoms with E-state index in [0.29, 0.717) is 0 Å². The number of rotatable bonds is 2. The van der Waals surface area contributed by atoms with Crippen molar-refractivity contribution in [3.05, 3.63) is 66.5 Å². The van der Waals surface area contributed by atoms with E-state index >= 15 is 0 Å². The molecule has 0 saturated heterocycles. The van der Waals surface area contributed by atoms with Gasteiger partial charge in [0.2, 0.25) is 0 Å². The van der Waals surface area contributed by atoms with Crippen molar-refractivity contribution in [2.75, 3.05) is 0 Å². The first-order valence-electron chi connectivity index (χ1n) is 7.01. The van der Waals surface area contributed by atoms with Crippen LogP contribution in [0.1, 0.15) is 5.69 Å². The summed E-state index contributed by atoms with van der Waals surface area (Å²) in [6.45, 7) is 2.06. The molecule has 0 bridgehead atoms. The van der Waals surface area contributed by atoms with Crippen molar-refractivity contribution in [1.29, 1.82) is 0 Å². The first kappa shape index (κ1) is 12.0. The predicted octanol–water partition coefficient (Wildman–Crippen LogP) is 4.53. The molecule has 2 heterocycles. The number of aromatic amines is 2. The third kappa shape index (κ3) is 1.94. The van der Waals surface area contributed by atoms with E-state index in [1.807, 2.05) is 36.5 Å². The Morgan fingerprint density at radius 2 is 1.67 bits per heavy atom. The summed E-state index contributed by atoms with van der Waals surface area (Å²) in [4.78, 5) is 11.5. The van der Waals surface area contributed by atoms with Crippen LogP contribution >= 0.6 is 0 Å². The van der Waals surface area contributed by atoms with Crippen molar-refractivity contribution in [2.24, 2.45) is 0 Å². The summed E-state index contributed by atoms with van der Waals surface area (Å²) < 4.78 is 0. The highest BCUT2D eigenvalue weighted by molar-refractivity contribution is 5.94. The quantitative estimate of drug-likeness (QED) is 0.553. The van der Waals surface area contributed by atoms with Crippen LogP contribution in [-0.4, -0.2) is 15.0 Å². The van der Waals surface area contributed by atoms with Crippen LogP contribution in [0.25, 0.3) is 33.5 Å². The van der Waals surface area contributed by atoms with Gasteiger partial charge in [-0.05, 0) is 13.0 Å². The zero-order chi connectivity index (χ0) is 14.2. The lowest BCUT2D eigenvalue weighted by Crippen LogP contribution is -1.80. The van der Waals surface area contributed by atoms with Gasteiger partial charge in [0, 0.05) is 33.9 Å². The second-order valence-electron chi connectivity index (χ2n) is 5.17. The summed E-state index contributed by atoms with van der Waals surface area (Å²) in [6, 6.07) is 18.5. The Morgan fingerprint density at radius 1 is 0.905 bits per heavy atom. The molecule has 3 nitrogen and oxygen atoms in total. The molecular weight excluding hydrogens is 258 g/mol. The molecule has 0 radical (unpaired) electrons. The fraction of sp³-hybridized carbons (Fsp3) is 0.0556. The van der Waals surface area contributed by atoms with Crippen LogP contribution in [0.4, 0.5) is 0 Å². The standard InChI is InChI=1S/C18H15N3/c1-12-17(13-7-3-2-4-8-13)21-18(20-12)15-11-19-16-10-6-5-9-14(15)16/h2-11,19H,1H3,(H,20,21).